The minimum Gasteiger partial charge on any atom is -0.442 e. The van der Waals surface area contributed by atoms with Crippen molar-refractivity contribution in [3.63, 3.8) is 0 Å². The van der Waals surface area contributed by atoms with E-state index in [1.54, 1.807) is 57.2 Å². The number of carbonyl (C=O) groups excluding carboxylic acids is 2. The highest BCUT2D eigenvalue weighted by atomic mass is 127. The van der Waals surface area contributed by atoms with Crippen LogP contribution in [0.1, 0.15) is 39.7 Å². The summed E-state index contributed by atoms with van der Waals surface area (Å²) in [6, 6.07) is 15.4. The van der Waals surface area contributed by atoms with Gasteiger partial charge in [-0.1, -0.05) is 13.0 Å². The van der Waals surface area contributed by atoms with Crippen LogP contribution in [0.3, 0.4) is 0 Å². The van der Waals surface area contributed by atoms with E-state index in [2.05, 4.69) is 34.0 Å². The molecule has 0 saturated carbocycles. The first-order valence-corrected chi connectivity index (χ1v) is 10.6. The largest absolute Gasteiger partial charge is 0.442 e. The number of nitrogens with zero attached hydrogens (tertiary/aromatic N) is 3. The monoisotopic (exact) mass is 520 g/mol. The molecule has 0 fully saturated rings. The zero-order valence-electron chi connectivity index (χ0n) is 17.5. The zero-order valence-corrected chi connectivity index (χ0v) is 19.6. The first-order chi connectivity index (χ1) is 14.1. The van der Waals surface area contributed by atoms with Crippen LogP contribution in [0.4, 0.5) is 21.0 Å². The van der Waals surface area contributed by atoms with Gasteiger partial charge in [0.25, 0.3) is 0 Å². The second-order valence-electron chi connectivity index (χ2n) is 7.51. The summed E-state index contributed by atoms with van der Waals surface area (Å²) in [6.45, 7) is 7.44. The van der Waals surface area contributed by atoms with Crippen LogP contribution < -0.4 is 10.3 Å². The Hall–Kier alpha value is -2.80. The fourth-order valence-corrected chi connectivity index (χ4v) is 2.94. The molecule has 0 heterocycles. The molecule has 0 aliphatic carbocycles. The number of nitriles is 1. The summed E-state index contributed by atoms with van der Waals surface area (Å²) in [6.07, 6.45) is -0.0963. The highest BCUT2D eigenvalue weighted by Gasteiger charge is 2.31. The average Bonchev–Trinajstić information content (AvgIpc) is 2.68. The summed E-state index contributed by atoms with van der Waals surface area (Å²) >= 11 is 2.18. The van der Waals surface area contributed by atoms with Gasteiger partial charge < -0.3 is 10.1 Å². The van der Waals surface area contributed by atoms with Crippen molar-refractivity contribution in [3.05, 3.63) is 57.7 Å². The predicted octanol–water partition coefficient (Wildman–Crippen LogP) is 5.76. The lowest BCUT2D eigenvalue weighted by molar-refractivity contribution is 0.0492. The Balaban J connectivity index is 2.44. The van der Waals surface area contributed by atoms with Crippen molar-refractivity contribution in [2.45, 2.75) is 39.7 Å². The van der Waals surface area contributed by atoms with E-state index in [1.807, 2.05) is 19.1 Å². The van der Waals surface area contributed by atoms with E-state index in [0.29, 0.717) is 23.4 Å². The summed E-state index contributed by atoms with van der Waals surface area (Å²) in [5, 5.41) is 14.6. The van der Waals surface area contributed by atoms with E-state index in [4.69, 9.17) is 4.74 Å². The molecule has 0 aliphatic rings. The Morgan fingerprint density at radius 2 is 1.83 bits per heavy atom. The SMILES string of the molecule is CCCN(C(=O)Nc1ccc(I)cc1)N(C(=O)OC(C)(C)C)c1cccc(C#N)c1. The quantitative estimate of drug-likeness (QED) is 0.410. The molecule has 1 N–H and O–H groups in total. The molecule has 8 heteroatoms. The first kappa shape index (κ1) is 23.5. The maximum atomic E-state index is 13.1. The molecule has 158 valence electrons. The Bertz CT molecular complexity index is 933. The van der Waals surface area contributed by atoms with Crippen LogP contribution in [0, 0.1) is 14.9 Å². The molecule has 0 unspecified atom stereocenters. The number of rotatable bonds is 4. The number of halogens is 1. The summed E-state index contributed by atoms with van der Waals surface area (Å²) in [4.78, 5) is 26.2. The Labute approximate surface area is 190 Å². The molecule has 0 radical (unpaired) electrons. The van der Waals surface area contributed by atoms with Crippen LogP contribution >= 0.6 is 22.6 Å². The third kappa shape index (κ3) is 6.62. The molecule has 2 aromatic rings. The summed E-state index contributed by atoms with van der Waals surface area (Å²) in [7, 11) is 0. The van der Waals surface area contributed by atoms with Crippen LogP contribution in [-0.2, 0) is 4.74 Å². The van der Waals surface area contributed by atoms with Gasteiger partial charge in [-0.3, -0.25) is 0 Å². The molecule has 3 amide bonds. The van der Waals surface area contributed by atoms with Crippen molar-refractivity contribution >= 4 is 46.1 Å². The number of hydrazine groups is 1. The number of ether oxygens (including phenoxy) is 1. The molecule has 0 saturated heterocycles. The maximum absolute atomic E-state index is 13.1. The highest BCUT2D eigenvalue weighted by Crippen LogP contribution is 2.23. The first-order valence-electron chi connectivity index (χ1n) is 9.52. The Morgan fingerprint density at radius 3 is 2.40 bits per heavy atom. The van der Waals surface area contributed by atoms with Gasteiger partial charge >= 0.3 is 12.1 Å². The van der Waals surface area contributed by atoms with Crippen LogP contribution in [0.5, 0.6) is 0 Å². The average molecular weight is 520 g/mol. The molecular formula is C22H25IN4O3. The van der Waals surface area contributed by atoms with Crippen LogP contribution in [0.15, 0.2) is 48.5 Å². The number of hydrogen-bond acceptors (Lipinski definition) is 4. The van der Waals surface area contributed by atoms with Gasteiger partial charge in [-0.15, -0.1) is 0 Å². The lowest BCUT2D eigenvalue weighted by Gasteiger charge is -2.35. The fraction of sp³-hybridized carbons (Fsp3) is 0.318. The van der Waals surface area contributed by atoms with Crippen LogP contribution in [-0.4, -0.2) is 29.3 Å². The van der Waals surface area contributed by atoms with Crippen molar-refractivity contribution in [3.8, 4) is 6.07 Å². The van der Waals surface area contributed by atoms with Gasteiger partial charge in [0, 0.05) is 15.8 Å². The fourth-order valence-electron chi connectivity index (χ4n) is 2.58. The van der Waals surface area contributed by atoms with Gasteiger partial charge in [0.2, 0.25) is 0 Å². The Morgan fingerprint density at radius 1 is 1.17 bits per heavy atom. The van der Waals surface area contributed by atoms with E-state index in [1.165, 1.54) is 10.0 Å². The standard InChI is InChI=1S/C22H25IN4O3/c1-5-13-26(20(28)25-18-11-9-17(23)10-12-18)27(21(29)30-22(2,3)4)19-8-6-7-16(14-19)15-24/h6-12,14H,5,13H2,1-4H3,(H,25,28). The second kappa shape index (κ2) is 10.3. The van der Waals surface area contributed by atoms with Gasteiger partial charge in [-0.25, -0.2) is 14.6 Å². The number of anilines is 2. The Kier molecular flexibility index (Phi) is 8.06. The molecule has 0 aromatic heterocycles. The van der Waals surface area contributed by atoms with Crippen molar-refractivity contribution in [2.75, 3.05) is 16.9 Å². The van der Waals surface area contributed by atoms with Crippen molar-refractivity contribution in [2.24, 2.45) is 0 Å². The number of carbonyl (C=O) groups is 2. The van der Waals surface area contributed by atoms with Gasteiger partial charge in [0.05, 0.1) is 17.3 Å². The zero-order chi connectivity index (χ0) is 22.3. The molecule has 0 spiro atoms. The number of hydrogen-bond donors (Lipinski definition) is 1. The summed E-state index contributed by atoms with van der Waals surface area (Å²) in [5.41, 5.74) is 0.591. The third-order valence-electron chi connectivity index (χ3n) is 3.79. The third-order valence-corrected chi connectivity index (χ3v) is 4.51. The van der Waals surface area contributed by atoms with Crippen molar-refractivity contribution in [1.82, 2.24) is 5.01 Å². The summed E-state index contributed by atoms with van der Waals surface area (Å²) in [5.74, 6) is 0. The van der Waals surface area contributed by atoms with Gasteiger partial charge in [0.1, 0.15) is 5.60 Å². The minimum atomic E-state index is -0.757. The lowest BCUT2D eigenvalue weighted by Crippen LogP contribution is -2.53. The molecule has 0 bridgehead atoms. The topological polar surface area (TPSA) is 85.7 Å². The molecule has 2 rings (SSSR count). The summed E-state index contributed by atoms with van der Waals surface area (Å²) < 4.78 is 6.59. The number of benzene rings is 2. The van der Waals surface area contributed by atoms with Crippen molar-refractivity contribution < 1.29 is 14.3 Å². The van der Waals surface area contributed by atoms with Gasteiger partial charge in [0.15, 0.2) is 0 Å². The lowest BCUT2D eigenvalue weighted by atomic mass is 10.2. The number of amides is 3. The molecule has 30 heavy (non-hydrogen) atoms. The maximum Gasteiger partial charge on any atom is 0.434 e. The van der Waals surface area contributed by atoms with E-state index >= 15 is 0 Å². The van der Waals surface area contributed by atoms with Gasteiger partial charge in [-0.05, 0) is 92.2 Å². The van der Waals surface area contributed by atoms with E-state index in [0.717, 1.165) is 3.57 Å². The molecular weight excluding hydrogens is 495 g/mol. The number of urea groups is 1. The number of nitrogens with one attached hydrogen (secondary N) is 1. The molecule has 0 atom stereocenters. The van der Waals surface area contributed by atoms with E-state index in [-0.39, 0.29) is 6.54 Å². The van der Waals surface area contributed by atoms with Crippen LogP contribution in [0.25, 0.3) is 0 Å². The van der Waals surface area contributed by atoms with E-state index in [9.17, 15) is 14.9 Å². The smallest absolute Gasteiger partial charge is 0.434 e. The van der Waals surface area contributed by atoms with Gasteiger partial charge in [-0.2, -0.15) is 10.3 Å². The predicted molar refractivity (Wildman–Crippen MR) is 125 cm³/mol. The molecule has 2 aromatic carbocycles. The van der Waals surface area contributed by atoms with Crippen molar-refractivity contribution in [1.29, 1.82) is 5.26 Å². The van der Waals surface area contributed by atoms with Crippen LogP contribution in [0.2, 0.25) is 0 Å². The molecule has 7 nitrogen and oxygen atoms in total. The van der Waals surface area contributed by atoms with E-state index < -0.39 is 17.7 Å². The second-order valence-corrected chi connectivity index (χ2v) is 8.76. The normalized spacial score (nSPS) is 10.7. The molecule has 0 aliphatic heterocycles. The highest BCUT2D eigenvalue weighted by molar-refractivity contribution is 14.1. The minimum absolute atomic E-state index is 0.270.